The largest absolute Gasteiger partial charge is 0.324 e. The molecule has 0 unspecified atom stereocenters. The number of nitrogens with one attached hydrogen (secondary N) is 1. The summed E-state index contributed by atoms with van der Waals surface area (Å²) in [5, 5.41) is 3.73. The predicted molar refractivity (Wildman–Crippen MR) is 88.9 cm³/mol. The van der Waals surface area contributed by atoms with Crippen LogP contribution in [0.2, 0.25) is 5.02 Å². The lowest BCUT2D eigenvalue weighted by atomic mass is 10.3. The number of fused-ring (bicyclic) bond motifs is 1. The molecule has 0 fully saturated rings. The van der Waals surface area contributed by atoms with E-state index in [4.69, 9.17) is 11.6 Å². The zero-order valence-electron chi connectivity index (χ0n) is 12.5. The summed E-state index contributed by atoms with van der Waals surface area (Å²) in [4.78, 5) is 20.7. The van der Waals surface area contributed by atoms with Crippen LogP contribution in [0.4, 0.5) is 16.0 Å². The fourth-order valence-corrected chi connectivity index (χ4v) is 2.48. The zero-order chi connectivity index (χ0) is 16.6. The molecule has 0 amide bonds. The topological polar surface area (TPSA) is 59.8 Å². The normalized spacial score (nSPS) is 11.2. The molecule has 2 aromatic heterocycles. The maximum absolute atomic E-state index is 13.2. The Kier molecular flexibility index (Phi) is 4.00. The van der Waals surface area contributed by atoms with Crippen molar-refractivity contribution in [3.8, 4) is 0 Å². The summed E-state index contributed by atoms with van der Waals surface area (Å²) in [6, 6.07) is 7.40. The molecule has 2 heterocycles. The van der Waals surface area contributed by atoms with Crippen molar-refractivity contribution in [1.82, 2.24) is 14.5 Å². The number of halogens is 2. The number of pyridine rings is 1. The molecule has 0 atom stereocenters. The third kappa shape index (κ3) is 3.03. The van der Waals surface area contributed by atoms with Crippen LogP contribution >= 0.6 is 11.6 Å². The van der Waals surface area contributed by atoms with Crippen LogP contribution in [0.3, 0.4) is 0 Å². The lowest BCUT2D eigenvalue weighted by Gasteiger charge is -2.13. The van der Waals surface area contributed by atoms with Gasteiger partial charge in [-0.05, 0) is 38.1 Å². The first-order chi connectivity index (χ1) is 11.0. The van der Waals surface area contributed by atoms with Crippen molar-refractivity contribution in [3.05, 3.63) is 57.7 Å². The highest BCUT2D eigenvalue weighted by molar-refractivity contribution is 6.31. The van der Waals surface area contributed by atoms with Crippen LogP contribution in [0.15, 0.2) is 41.3 Å². The molecule has 3 aromatic rings. The molecule has 7 heteroatoms. The Labute approximate surface area is 136 Å². The molecule has 0 bridgehead atoms. The first-order valence-corrected chi connectivity index (χ1v) is 7.44. The Hall–Kier alpha value is -2.47. The van der Waals surface area contributed by atoms with E-state index in [0.717, 1.165) is 5.39 Å². The third-order valence-electron chi connectivity index (χ3n) is 3.36. The van der Waals surface area contributed by atoms with Gasteiger partial charge in [0.05, 0.1) is 5.02 Å². The zero-order valence-corrected chi connectivity index (χ0v) is 13.3. The minimum absolute atomic E-state index is 0.00915. The average Bonchev–Trinajstić information content (AvgIpc) is 2.50. The summed E-state index contributed by atoms with van der Waals surface area (Å²) in [6.07, 6.45) is 1.63. The standard InChI is InChI=1S/C16H14ClFN4O/c1-9(2)22-14(23)6-3-10-8-19-16(21-15(10)22)20-11-4-5-13(18)12(17)7-11/h3-9H,1-2H3,(H,19,20,21). The molecule has 0 radical (unpaired) electrons. The summed E-state index contributed by atoms with van der Waals surface area (Å²) in [5.41, 5.74) is 0.977. The van der Waals surface area contributed by atoms with E-state index in [1.54, 1.807) is 16.8 Å². The van der Waals surface area contributed by atoms with Crippen molar-refractivity contribution < 1.29 is 4.39 Å². The lowest BCUT2D eigenvalue weighted by Crippen LogP contribution is -2.22. The van der Waals surface area contributed by atoms with Gasteiger partial charge in [-0.3, -0.25) is 9.36 Å². The van der Waals surface area contributed by atoms with E-state index >= 15 is 0 Å². The first kappa shape index (κ1) is 15.4. The van der Waals surface area contributed by atoms with Crippen LogP contribution in [0.1, 0.15) is 19.9 Å². The van der Waals surface area contributed by atoms with Crippen LogP contribution in [-0.4, -0.2) is 14.5 Å². The van der Waals surface area contributed by atoms with Gasteiger partial charge in [-0.25, -0.2) is 9.37 Å². The fourth-order valence-electron chi connectivity index (χ4n) is 2.30. The molecule has 5 nitrogen and oxygen atoms in total. The lowest BCUT2D eigenvalue weighted by molar-refractivity contribution is 0.595. The van der Waals surface area contributed by atoms with Gasteiger partial charge in [-0.2, -0.15) is 4.98 Å². The second-order valence-corrected chi connectivity index (χ2v) is 5.77. The summed E-state index contributed by atoms with van der Waals surface area (Å²) >= 11 is 5.76. The predicted octanol–water partition coefficient (Wildman–Crippen LogP) is 3.91. The molecule has 0 aliphatic rings. The molecule has 0 aliphatic carbocycles. The van der Waals surface area contributed by atoms with E-state index in [-0.39, 0.29) is 16.6 Å². The highest BCUT2D eigenvalue weighted by Gasteiger charge is 2.10. The van der Waals surface area contributed by atoms with E-state index in [2.05, 4.69) is 15.3 Å². The van der Waals surface area contributed by atoms with Crippen molar-refractivity contribution in [3.63, 3.8) is 0 Å². The number of anilines is 2. The van der Waals surface area contributed by atoms with Gasteiger partial charge in [0, 0.05) is 29.4 Å². The van der Waals surface area contributed by atoms with Crippen LogP contribution in [-0.2, 0) is 0 Å². The Morgan fingerprint density at radius 1 is 1.26 bits per heavy atom. The summed E-state index contributed by atoms with van der Waals surface area (Å²) < 4.78 is 14.8. The van der Waals surface area contributed by atoms with Gasteiger partial charge in [0.25, 0.3) is 5.56 Å². The van der Waals surface area contributed by atoms with Gasteiger partial charge in [-0.15, -0.1) is 0 Å². The van der Waals surface area contributed by atoms with Crippen molar-refractivity contribution >= 4 is 34.3 Å². The minimum Gasteiger partial charge on any atom is -0.324 e. The molecular weight excluding hydrogens is 319 g/mol. The van der Waals surface area contributed by atoms with Crippen LogP contribution < -0.4 is 10.9 Å². The Balaban J connectivity index is 2.07. The maximum Gasteiger partial charge on any atom is 0.252 e. The number of aromatic nitrogens is 3. The molecule has 23 heavy (non-hydrogen) atoms. The van der Waals surface area contributed by atoms with E-state index in [0.29, 0.717) is 17.3 Å². The third-order valence-corrected chi connectivity index (χ3v) is 3.65. The maximum atomic E-state index is 13.2. The van der Waals surface area contributed by atoms with E-state index in [1.165, 1.54) is 24.3 Å². The van der Waals surface area contributed by atoms with Crippen molar-refractivity contribution in [2.24, 2.45) is 0 Å². The highest BCUT2D eigenvalue weighted by atomic mass is 35.5. The molecule has 0 spiro atoms. The van der Waals surface area contributed by atoms with Crippen LogP contribution in [0, 0.1) is 5.82 Å². The van der Waals surface area contributed by atoms with Gasteiger partial charge >= 0.3 is 0 Å². The Bertz CT molecular complexity index is 939. The van der Waals surface area contributed by atoms with Crippen molar-refractivity contribution in [2.75, 3.05) is 5.32 Å². The smallest absolute Gasteiger partial charge is 0.252 e. The SMILES string of the molecule is CC(C)n1c(=O)ccc2cnc(Nc3ccc(F)c(Cl)c3)nc21. The monoisotopic (exact) mass is 332 g/mol. The van der Waals surface area contributed by atoms with Crippen LogP contribution in [0.25, 0.3) is 11.0 Å². The molecule has 1 N–H and O–H groups in total. The second kappa shape index (κ2) is 5.96. The molecule has 118 valence electrons. The number of rotatable bonds is 3. The van der Waals surface area contributed by atoms with Gasteiger partial charge in [0.15, 0.2) is 0 Å². The van der Waals surface area contributed by atoms with Crippen LogP contribution in [0.5, 0.6) is 0 Å². The van der Waals surface area contributed by atoms with Gasteiger partial charge in [-0.1, -0.05) is 11.6 Å². The molecular formula is C16H14ClFN4O. The molecule has 0 aliphatic heterocycles. The molecule has 1 aromatic carbocycles. The molecule has 0 saturated heterocycles. The van der Waals surface area contributed by atoms with Gasteiger partial charge in [0.1, 0.15) is 11.5 Å². The number of hydrogen-bond donors (Lipinski definition) is 1. The van der Waals surface area contributed by atoms with Crippen molar-refractivity contribution in [2.45, 2.75) is 19.9 Å². The number of hydrogen-bond acceptors (Lipinski definition) is 4. The average molecular weight is 333 g/mol. The van der Waals surface area contributed by atoms with E-state index in [1.807, 2.05) is 13.8 Å². The summed E-state index contributed by atoms with van der Waals surface area (Å²) in [5.74, 6) is -0.189. The fraction of sp³-hybridized carbons (Fsp3) is 0.188. The van der Waals surface area contributed by atoms with Crippen molar-refractivity contribution in [1.29, 1.82) is 0 Å². The Morgan fingerprint density at radius 2 is 2.04 bits per heavy atom. The second-order valence-electron chi connectivity index (χ2n) is 5.36. The summed E-state index contributed by atoms with van der Waals surface area (Å²) in [6.45, 7) is 3.82. The quantitative estimate of drug-likeness (QED) is 0.790. The van der Waals surface area contributed by atoms with E-state index < -0.39 is 5.82 Å². The van der Waals surface area contributed by atoms with E-state index in [9.17, 15) is 9.18 Å². The minimum atomic E-state index is -0.495. The number of benzene rings is 1. The van der Waals surface area contributed by atoms with Gasteiger partial charge in [0.2, 0.25) is 5.95 Å². The molecule has 0 saturated carbocycles. The Morgan fingerprint density at radius 3 is 2.74 bits per heavy atom. The first-order valence-electron chi connectivity index (χ1n) is 7.06. The highest BCUT2D eigenvalue weighted by Crippen LogP contribution is 2.22. The summed E-state index contributed by atoms with van der Waals surface area (Å²) in [7, 11) is 0. The molecule has 3 rings (SSSR count). The van der Waals surface area contributed by atoms with Gasteiger partial charge < -0.3 is 5.32 Å². The number of nitrogens with zero attached hydrogens (tertiary/aromatic N) is 3.